The Kier molecular flexibility index (Phi) is 14.1. The van der Waals surface area contributed by atoms with Crippen LogP contribution in [-0.4, -0.2) is 192 Å². The zero-order valence-corrected chi connectivity index (χ0v) is 14.4. The van der Waals surface area contributed by atoms with Gasteiger partial charge in [0.2, 0.25) is 0 Å². The zero-order chi connectivity index (χ0) is 21.6. The Labute approximate surface area is 191 Å². The van der Waals surface area contributed by atoms with Gasteiger partial charge in [0.25, 0.3) is 0 Å². The highest BCUT2D eigenvalue weighted by Gasteiger charge is 2.48. The van der Waals surface area contributed by atoms with Crippen LogP contribution in [0, 0.1) is 0 Å². The van der Waals surface area contributed by atoms with Gasteiger partial charge in [0.15, 0.2) is 0 Å². The van der Waals surface area contributed by atoms with Crippen LogP contribution in [-0.2, 0) is 0 Å². The maximum atomic E-state index is 6.51. The average molecular weight is 298 g/mol. The van der Waals surface area contributed by atoms with Crippen LogP contribution in [0.1, 0.15) is 0 Å². The van der Waals surface area contributed by atoms with E-state index in [9.17, 15) is 0 Å². The highest BCUT2D eigenvalue weighted by Crippen LogP contribution is 2.12. The summed E-state index contributed by atoms with van der Waals surface area (Å²) in [5, 5.41) is 0. The highest BCUT2D eigenvalue weighted by molar-refractivity contribution is 8.25. The molecule has 0 unspecified atom stereocenters. The van der Waals surface area contributed by atoms with Gasteiger partial charge in [-0.3, -0.25) is 0 Å². The van der Waals surface area contributed by atoms with Gasteiger partial charge in [-0.05, 0) is 163 Å². The summed E-state index contributed by atoms with van der Waals surface area (Å²) in [5.74, 6) is 0. The third-order valence-electron chi connectivity index (χ3n) is 4.67. The van der Waals surface area contributed by atoms with E-state index in [0.717, 1.165) is 0 Å². The first kappa shape index (κ1) is 28.8. The number of rotatable bonds is 12. The third-order valence-corrected chi connectivity index (χ3v) is 4.67. The Bertz CT molecular complexity index is 329. The molecule has 27 heavy (non-hydrogen) atoms. The summed E-state index contributed by atoms with van der Waals surface area (Å²) in [6.07, 6.45) is -7.09. The van der Waals surface area contributed by atoms with Gasteiger partial charge in [-0.2, -0.15) is 7.06 Å². The van der Waals surface area contributed by atoms with E-state index in [2.05, 4.69) is 7.06 Å². The molecule has 0 amide bonds. The predicted octanol–water partition coefficient (Wildman–Crippen LogP) is -11.9. The summed E-state index contributed by atoms with van der Waals surface area (Å²) in [6.45, 7) is 0. The van der Waals surface area contributed by atoms with Gasteiger partial charge < -0.3 is 0 Å². The van der Waals surface area contributed by atoms with Crippen LogP contribution in [0.3, 0.4) is 0 Å². The molecule has 0 N–H and O–H groups in total. The molecular weight excluding hydrogens is 292 g/mol. The van der Waals surface area contributed by atoms with E-state index in [-0.39, 0.29) is 41.0 Å². The second-order valence-corrected chi connectivity index (χ2v) is 6.54. The maximum Gasteiger partial charge on any atom is -0.0000000000941 e. The van der Waals surface area contributed by atoms with E-state index in [0.29, 0.717) is 0 Å². The van der Waals surface area contributed by atoms with E-state index in [1.165, 1.54) is 0 Å². The molecule has 0 aliphatic carbocycles. The molecule has 0 saturated heterocycles. The molecule has 0 rings (SSSR count). The van der Waals surface area contributed by atoms with Crippen LogP contribution < -0.4 is 0 Å². The van der Waals surface area contributed by atoms with Crippen LogP contribution >= 0.6 is 0 Å². The van der Waals surface area contributed by atoms with Crippen LogP contribution in [0.4, 0.5) is 0 Å². The van der Waals surface area contributed by atoms with Crippen LogP contribution in [0.15, 0.2) is 0 Å². The molecule has 0 fully saturated rings. The van der Waals surface area contributed by atoms with Gasteiger partial charge >= 0.3 is 0 Å². The Hall–Kier alpha value is 1.75. The van der Waals surface area contributed by atoms with Gasteiger partial charge in [-0.1, -0.05) is 15.5 Å². The van der Waals surface area contributed by atoms with Crippen molar-refractivity contribution in [2.24, 2.45) is 0 Å². The fraction of sp³-hybridized carbons (Fsp3) is 0. The van der Waals surface area contributed by atoms with Crippen molar-refractivity contribution < 1.29 is 0 Å². The summed E-state index contributed by atoms with van der Waals surface area (Å²) in [4.78, 5) is 0. The smallest absolute Gasteiger partial charge is 0.0000000000941 e. The minimum absolute atomic E-state index is 0.143. The molecule has 25 radical (unpaired) electrons. The molecule has 0 aromatic rings. The molecule has 0 saturated carbocycles. The lowest BCUT2D eigenvalue weighted by molar-refractivity contribution is 3.27. The van der Waals surface area contributed by atoms with Crippen molar-refractivity contribution in [3.63, 3.8) is 0 Å². The first-order valence-corrected chi connectivity index (χ1v) is 8.00. The molecule has 0 heterocycles. The Balaban J connectivity index is 6.66. The van der Waals surface area contributed by atoms with Gasteiger partial charge in [-0.25, -0.2) is 0 Å². The van der Waals surface area contributed by atoms with Crippen molar-refractivity contribution in [2.45, 2.75) is 0 Å². The molecule has 0 aliphatic heterocycles. The molecule has 0 nitrogen and oxygen atoms in total. The lowest BCUT2D eigenvalue weighted by Gasteiger charge is -2.49. The largest absolute Gasteiger partial charge is 0.158 e. The summed E-state index contributed by atoms with van der Waals surface area (Å²) in [6, 6.07) is 0. The van der Waals surface area contributed by atoms with Crippen molar-refractivity contribution in [1.82, 2.24) is 0 Å². The van der Waals surface area contributed by atoms with Gasteiger partial charge in [-0.15, -0.1) is 6.39 Å². The van der Waals surface area contributed by atoms with Crippen molar-refractivity contribution >= 4 is 192 Å². The summed E-state index contributed by atoms with van der Waals surface area (Å²) >= 11 is 0. The van der Waals surface area contributed by atoms with Gasteiger partial charge in [0.05, 0.1) is 0 Å². The van der Waals surface area contributed by atoms with E-state index in [1.54, 1.807) is 0 Å². The molecule has 0 spiro atoms. The number of hydrogen-bond acceptors (Lipinski definition) is 0. The van der Waals surface area contributed by atoms with Crippen LogP contribution in [0.2, 0.25) is 0 Å². The first-order valence-electron chi connectivity index (χ1n) is 8.00. The Morgan fingerprint density at radius 1 is 0.444 bits per heavy atom. The van der Waals surface area contributed by atoms with E-state index >= 15 is 0 Å². The summed E-state index contributed by atoms with van der Waals surface area (Å²) in [7, 11) is 75.1. The molecule has 89 valence electrons. The summed E-state index contributed by atoms with van der Waals surface area (Å²) < 4.78 is 0. The highest BCUT2D eigenvalue weighted by atomic mass is 13.3. The molecule has 0 aromatic heterocycles. The first-order chi connectivity index (χ1) is 12.3. The average Bonchev–Trinajstić information content (AvgIpc) is 2.48. The Morgan fingerprint density at radius 2 is 0.741 bits per heavy atom. The topological polar surface area (TPSA) is 0 Å². The monoisotopic (exact) mass is 303 g/mol. The second-order valence-electron chi connectivity index (χ2n) is 6.54. The number of hydrogen-bond donors (Lipinski definition) is 0. The van der Waals surface area contributed by atoms with Gasteiger partial charge in [0.1, 0.15) is 0 Å². The zero-order valence-electron chi connectivity index (χ0n) is 14.4. The quantitative estimate of drug-likeness (QED) is 0.314. The fourth-order valence-corrected chi connectivity index (χ4v) is 3.59. The molecule has 0 aliphatic rings. The standard InChI is InChI=1S/B27H6/c1-15-22(14)26(23(16(2)3)17(4)5)27(24(18(6)7)19(8)9)25(20(10)11)21(12)13/h1-2H3/q-2. The SMILES string of the molecule is [B]B([B])B(B([B])[B])B(B(B([B])[B])B([B])[B])B(B([B])[B][BH3-])B(B([B])[B])B([B])[BH3-]. The maximum absolute atomic E-state index is 6.51. The molecule has 0 atom stereocenters. The molecular formula is H6B27-2. The minimum Gasteiger partial charge on any atom is -0.158 e. The lowest BCUT2D eigenvalue weighted by Crippen LogP contribution is -2.86. The van der Waals surface area contributed by atoms with Crippen LogP contribution in [0.5, 0.6) is 0 Å². The molecule has 0 bridgehead atoms. The van der Waals surface area contributed by atoms with E-state index < -0.39 is 51.1 Å². The second kappa shape index (κ2) is 13.2. The van der Waals surface area contributed by atoms with Crippen molar-refractivity contribution in [3.05, 3.63) is 0 Å². The normalized spacial score (nSPS) is 9.41. The van der Waals surface area contributed by atoms with Gasteiger partial charge in [0, 0.05) is 0 Å². The fourth-order valence-electron chi connectivity index (χ4n) is 3.59. The molecule has 0 aromatic carbocycles. The van der Waals surface area contributed by atoms with E-state index in [4.69, 9.17) is 92.8 Å². The van der Waals surface area contributed by atoms with Crippen LogP contribution in [0.25, 0.3) is 0 Å². The van der Waals surface area contributed by atoms with E-state index in [1.807, 2.05) is 0 Å². The summed E-state index contributed by atoms with van der Waals surface area (Å²) in [5.41, 5.74) is 0. The third kappa shape index (κ3) is 8.07. The van der Waals surface area contributed by atoms with Crippen molar-refractivity contribution in [3.8, 4) is 0 Å². The lowest BCUT2D eigenvalue weighted by atomic mass is 8.33. The minimum atomic E-state index is -0.872. The van der Waals surface area contributed by atoms with Crippen molar-refractivity contribution in [2.75, 3.05) is 0 Å². The predicted molar refractivity (Wildman–Crippen MR) is 164 cm³/mol. The van der Waals surface area contributed by atoms with Crippen molar-refractivity contribution in [1.29, 1.82) is 0 Å². The Morgan fingerprint density at radius 3 is 0.926 bits per heavy atom. The molecule has 27 heteroatoms.